The van der Waals surface area contributed by atoms with E-state index in [4.69, 9.17) is 11.6 Å². The Bertz CT molecular complexity index is 488. The van der Waals surface area contributed by atoms with Crippen molar-refractivity contribution >= 4 is 23.2 Å². The molecule has 7 heteroatoms. The lowest BCUT2D eigenvalue weighted by molar-refractivity contribution is -0.137. The zero-order chi connectivity index (χ0) is 16.0. The molecule has 0 spiro atoms. The van der Waals surface area contributed by atoms with E-state index >= 15 is 0 Å². The third-order valence-corrected chi connectivity index (χ3v) is 3.41. The summed E-state index contributed by atoms with van der Waals surface area (Å²) >= 11 is 5.78. The molecule has 0 aliphatic rings. The van der Waals surface area contributed by atoms with Crippen LogP contribution in [0.25, 0.3) is 0 Å². The summed E-state index contributed by atoms with van der Waals surface area (Å²) in [6.45, 7) is 3.60. The molecule has 1 rings (SSSR count). The molecular formula is C14H18ClF3N2O. The Balaban J connectivity index is 2.78. The Hall–Kier alpha value is -1.43. The van der Waals surface area contributed by atoms with E-state index in [9.17, 15) is 18.0 Å². The molecule has 0 atom stereocenters. The smallest absolute Gasteiger partial charge is 0.374 e. The van der Waals surface area contributed by atoms with Crippen molar-refractivity contribution in [2.24, 2.45) is 0 Å². The van der Waals surface area contributed by atoms with E-state index < -0.39 is 11.7 Å². The van der Waals surface area contributed by atoms with Crippen molar-refractivity contribution < 1.29 is 18.0 Å². The largest absolute Gasteiger partial charge is 0.418 e. The van der Waals surface area contributed by atoms with Crippen molar-refractivity contribution in [1.82, 2.24) is 5.32 Å². The molecule has 0 saturated carbocycles. The third-order valence-electron chi connectivity index (χ3n) is 3.10. The molecule has 0 heterocycles. The molecule has 0 aromatic heterocycles. The molecule has 1 amide bonds. The topological polar surface area (TPSA) is 41.1 Å². The van der Waals surface area contributed by atoms with E-state index in [0.717, 1.165) is 18.9 Å². The first-order valence-electron chi connectivity index (χ1n) is 6.68. The van der Waals surface area contributed by atoms with Gasteiger partial charge in [0.15, 0.2) is 0 Å². The molecule has 1 aromatic carbocycles. The van der Waals surface area contributed by atoms with Gasteiger partial charge in [-0.25, -0.2) is 0 Å². The van der Waals surface area contributed by atoms with Gasteiger partial charge in [-0.1, -0.05) is 31.5 Å². The molecule has 0 bridgehead atoms. The maximum Gasteiger partial charge on any atom is 0.418 e. The number of hydrogen-bond acceptors (Lipinski definition) is 2. The first-order chi connectivity index (χ1) is 9.79. The Kier molecular flexibility index (Phi) is 6.33. The van der Waals surface area contributed by atoms with Crippen LogP contribution < -0.4 is 10.6 Å². The normalized spacial score (nSPS) is 11.6. The summed E-state index contributed by atoms with van der Waals surface area (Å²) in [5.74, 6) is -0.364. The third kappa shape index (κ3) is 5.12. The minimum atomic E-state index is -4.53. The van der Waals surface area contributed by atoms with Gasteiger partial charge in [-0.05, 0) is 25.0 Å². The van der Waals surface area contributed by atoms with Crippen LogP contribution in [-0.4, -0.2) is 18.5 Å². The number of anilines is 1. The van der Waals surface area contributed by atoms with Gasteiger partial charge in [-0.3, -0.25) is 4.79 Å². The van der Waals surface area contributed by atoms with Crippen molar-refractivity contribution in [3.8, 4) is 0 Å². The molecule has 2 N–H and O–H groups in total. The van der Waals surface area contributed by atoms with Crippen molar-refractivity contribution in [3.63, 3.8) is 0 Å². The van der Waals surface area contributed by atoms with Crippen LogP contribution in [0.5, 0.6) is 0 Å². The highest BCUT2D eigenvalue weighted by Crippen LogP contribution is 2.38. The van der Waals surface area contributed by atoms with Gasteiger partial charge in [0.25, 0.3) is 0 Å². The van der Waals surface area contributed by atoms with E-state index in [0.29, 0.717) is 0 Å². The Labute approximate surface area is 126 Å². The van der Waals surface area contributed by atoms with E-state index in [1.54, 1.807) is 0 Å². The summed E-state index contributed by atoms with van der Waals surface area (Å²) in [5, 5.41) is 5.15. The maximum atomic E-state index is 12.9. The second-order valence-corrected chi connectivity index (χ2v) is 5.00. The van der Waals surface area contributed by atoms with Gasteiger partial charge in [0.1, 0.15) is 0 Å². The molecule has 21 heavy (non-hydrogen) atoms. The number of para-hydroxylation sites is 1. The lowest BCUT2D eigenvalue weighted by atomic mass is 10.1. The molecule has 0 saturated heterocycles. The molecule has 0 radical (unpaired) electrons. The second kappa shape index (κ2) is 7.54. The number of halogens is 4. The first-order valence-corrected chi connectivity index (χ1v) is 7.06. The van der Waals surface area contributed by atoms with Crippen molar-refractivity contribution in [2.75, 3.05) is 11.9 Å². The number of nitrogens with one attached hydrogen (secondary N) is 2. The Morgan fingerprint density at radius 2 is 1.90 bits per heavy atom. The predicted octanol–water partition coefficient (Wildman–Crippen LogP) is 4.08. The number of carbonyl (C=O) groups is 1. The van der Waals surface area contributed by atoms with Gasteiger partial charge in [0.2, 0.25) is 5.91 Å². The lowest BCUT2D eigenvalue weighted by Gasteiger charge is -2.18. The van der Waals surface area contributed by atoms with Crippen LogP contribution in [0, 0.1) is 0 Å². The van der Waals surface area contributed by atoms with Gasteiger partial charge in [0, 0.05) is 6.04 Å². The van der Waals surface area contributed by atoms with Gasteiger partial charge in [0.05, 0.1) is 22.8 Å². The van der Waals surface area contributed by atoms with Crippen molar-refractivity contribution in [2.45, 2.75) is 38.9 Å². The van der Waals surface area contributed by atoms with Crippen LogP contribution in [0.4, 0.5) is 18.9 Å². The minimum Gasteiger partial charge on any atom is -0.374 e. The number of alkyl halides is 3. The molecule has 118 valence electrons. The number of amides is 1. The van der Waals surface area contributed by atoms with Crippen LogP contribution in [0.2, 0.25) is 5.02 Å². The summed E-state index contributed by atoms with van der Waals surface area (Å²) in [7, 11) is 0. The molecule has 0 aliphatic carbocycles. The Morgan fingerprint density at radius 3 is 2.43 bits per heavy atom. The van der Waals surface area contributed by atoms with Gasteiger partial charge >= 0.3 is 6.18 Å². The summed E-state index contributed by atoms with van der Waals surface area (Å²) in [5.41, 5.74) is -1.16. The zero-order valence-electron chi connectivity index (χ0n) is 11.9. The summed E-state index contributed by atoms with van der Waals surface area (Å²) in [4.78, 5) is 11.7. The van der Waals surface area contributed by atoms with Crippen LogP contribution in [-0.2, 0) is 11.0 Å². The fourth-order valence-corrected chi connectivity index (χ4v) is 2.12. The quantitative estimate of drug-likeness (QED) is 0.828. The molecular weight excluding hydrogens is 305 g/mol. The second-order valence-electron chi connectivity index (χ2n) is 4.59. The molecule has 0 aliphatic heterocycles. The van der Waals surface area contributed by atoms with Gasteiger partial charge in [-0.15, -0.1) is 0 Å². The van der Waals surface area contributed by atoms with E-state index in [1.807, 2.05) is 13.8 Å². The van der Waals surface area contributed by atoms with Crippen LogP contribution in [0.3, 0.4) is 0 Å². The standard InChI is InChI=1S/C14H18ClF3N2O/c1-3-9(4-2)20-12(21)8-19-13-10(14(16,17)18)6-5-7-11(13)15/h5-7,9,19H,3-4,8H2,1-2H3,(H,20,21). The van der Waals surface area contributed by atoms with E-state index in [-0.39, 0.29) is 29.2 Å². The highest BCUT2D eigenvalue weighted by Gasteiger charge is 2.34. The highest BCUT2D eigenvalue weighted by molar-refractivity contribution is 6.33. The number of carbonyl (C=O) groups excluding carboxylic acids is 1. The average Bonchev–Trinajstić information content (AvgIpc) is 2.42. The monoisotopic (exact) mass is 322 g/mol. The van der Waals surface area contributed by atoms with E-state index in [2.05, 4.69) is 10.6 Å². The molecule has 0 fully saturated rings. The predicted molar refractivity (Wildman–Crippen MR) is 77.5 cm³/mol. The number of rotatable bonds is 6. The van der Waals surface area contributed by atoms with Crippen LogP contribution in [0.1, 0.15) is 32.3 Å². The lowest BCUT2D eigenvalue weighted by Crippen LogP contribution is -2.37. The minimum absolute atomic E-state index is 0.0210. The van der Waals surface area contributed by atoms with Crippen LogP contribution in [0.15, 0.2) is 18.2 Å². The average molecular weight is 323 g/mol. The molecule has 3 nitrogen and oxygen atoms in total. The van der Waals surface area contributed by atoms with Crippen molar-refractivity contribution in [3.05, 3.63) is 28.8 Å². The number of hydrogen-bond donors (Lipinski definition) is 2. The zero-order valence-corrected chi connectivity index (χ0v) is 12.6. The SMILES string of the molecule is CCC(CC)NC(=O)CNc1c(Cl)cccc1C(F)(F)F. The summed E-state index contributed by atoms with van der Waals surface area (Å²) < 4.78 is 38.6. The molecule has 1 aromatic rings. The number of benzene rings is 1. The van der Waals surface area contributed by atoms with E-state index in [1.165, 1.54) is 12.1 Å². The fourth-order valence-electron chi connectivity index (χ4n) is 1.88. The highest BCUT2D eigenvalue weighted by atomic mass is 35.5. The van der Waals surface area contributed by atoms with Crippen molar-refractivity contribution in [1.29, 1.82) is 0 Å². The molecule has 0 unspecified atom stereocenters. The Morgan fingerprint density at radius 1 is 1.29 bits per heavy atom. The first kappa shape index (κ1) is 17.6. The summed E-state index contributed by atoms with van der Waals surface area (Å²) in [6.07, 6.45) is -3.00. The maximum absolute atomic E-state index is 12.9. The van der Waals surface area contributed by atoms with Gasteiger partial charge in [-0.2, -0.15) is 13.2 Å². The summed E-state index contributed by atoms with van der Waals surface area (Å²) in [6, 6.07) is 3.51. The van der Waals surface area contributed by atoms with Gasteiger partial charge < -0.3 is 10.6 Å². The fraction of sp³-hybridized carbons (Fsp3) is 0.500. The van der Waals surface area contributed by atoms with Crippen LogP contribution >= 0.6 is 11.6 Å².